The molecule has 0 rings (SSSR count). The number of nitrogens with two attached hydrogens (primary N) is 1. The van der Waals surface area contributed by atoms with E-state index in [9.17, 15) is 29.1 Å². The van der Waals surface area contributed by atoms with Crippen molar-refractivity contribution in [1.29, 1.82) is 0 Å². The van der Waals surface area contributed by atoms with E-state index in [1.54, 1.807) is 0 Å². The zero-order valence-electron chi connectivity index (χ0n) is 19.0. The lowest BCUT2D eigenvalue weighted by atomic mass is 10.0. The van der Waals surface area contributed by atoms with Crippen LogP contribution < -0.4 is 21.7 Å². The molecule has 0 radical (unpaired) electrons. The van der Waals surface area contributed by atoms with Crippen molar-refractivity contribution in [1.82, 2.24) is 16.0 Å². The number of rotatable bonds is 15. The second-order valence-corrected chi connectivity index (χ2v) is 8.87. The van der Waals surface area contributed by atoms with Crippen molar-refractivity contribution in [2.75, 3.05) is 5.75 Å². The topological polar surface area (TPSA) is 188 Å². The second kappa shape index (κ2) is 14.7. The minimum atomic E-state index is -1.42. The molecule has 4 unspecified atom stereocenters. The van der Waals surface area contributed by atoms with E-state index >= 15 is 0 Å². The summed E-state index contributed by atoms with van der Waals surface area (Å²) in [6, 6.07) is -4.35. The molecule has 0 heterocycles. The molecule has 0 aromatic rings. The van der Waals surface area contributed by atoms with Crippen LogP contribution in [0.4, 0.5) is 0 Å². The van der Waals surface area contributed by atoms with Crippen molar-refractivity contribution in [2.24, 2.45) is 17.6 Å². The molecule has 3 amide bonds. The third-order valence-electron chi connectivity index (χ3n) is 4.48. The van der Waals surface area contributed by atoms with E-state index in [1.807, 2.05) is 27.7 Å². The number of thiol groups is 1. The summed E-state index contributed by atoms with van der Waals surface area (Å²) in [5, 5.41) is 25.3. The fourth-order valence-corrected chi connectivity index (χ4v) is 3.12. The van der Waals surface area contributed by atoms with Gasteiger partial charge in [-0.1, -0.05) is 27.7 Å². The summed E-state index contributed by atoms with van der Waals surface area (Å²) in [7, 11) is 0. The van der Waals surface area contributed by atoms with Crippen molar-refractivity contribution in [2.45, 2.75) is 77.5 Å². The molecular weight excluding hydrogens is 440 g/mol. The van der Waals surface area contributed by atoms with Crippen molar-refractivity contribution < 1.29 is 34.2 Å². The van der Waals surface area contributed by atoms with Gasteiger partial charge in [-0.3, -0.25) is 19.2 Å². The molecule has 0 spiro atoms. The highest BCUT2D eigenvalue weighted by Crippen LogP contribution is 2.08. The predicted molar refractivity (Wildman–Crippen MR) is 121 cm³/mol. The van der Waals surface area contributed by atoms with Gasteiger partial charge in [-0.25, -0.2) is 4.79 Å². The number of hydrogen-bond acceptors (Lipinski definition) is 7. The molecule has 7 N–H and O–H groups in total. The molecule has 0 aliphatic carbocycles. The molecule has 4 atom stereocenters. The van der Waals surface area contributed by atoms with E-state index in [4.69, 9.17) is 10.8 Å². The average Bonchev–Trinajstić information content (AvgIpc) is 2.66. The molecule has 0 bridgehead atoms. The lowest BCUT2D eigenvalue weighted by Gasteiger charge is -2.25. The molecule has 0 aliphatic rings. The normalized spacial score (nSPS) is 14.9. The van der Waals surface area contributed by atoms with Crippen LogP contribution in [0.25, 0.3) is 0 Å². The third kappa shape index (κ3) is 11.9. The molecular formula is C20H36N4O7S. The monoisotopic (exact) mass is 476 g/mol. The van der Waals surface area contributed by atoms with Gasteiger partial charge < -0.3 is 31.9 Å². The van der Waals surface area contributed by atoms with Crippen LogP contribution in [0.3, 0.4) is 0 Å². The van der Waals surface area contributed by atoms with Crippen molar-refractivity contribution in [3.63, 3.8) is 0 Å². The van der Waals surface area contributed by atoms with E-state index in [0.717, 1.165) is 0 Å². The summed E-state index contributed by atoms with van der Waals surface area (Å²) in [5.41, 5.74) is 5.84. The van der Waals surface area contributed by atoms with Gasteiger partial charge in [0.05, 0.1) is 6.04 Å². The van der Waals surface area contributed by atoms with Crippen LogP contribution in [0.1, 0.15) is 53.4 Å². The van der Waals surface area contributed by atoms with Crippen molar-refractivity contribution in [3.8, 4) is 0 Å². The summed E-state index contributed by atoms with van der Waals surface area (Å²) in [6.07, 6.45) is -0.119. The van der Waals surface area contributed by atoms with Crippen LogP contribution in [0.5, 0.6) is 0 Å². The van der Waals surface area contributed by atoms with E-state index in [2.05, 4.69) is 28.6 Å². The lowest BCUT2D eigenvalue weighted by molar-refractivity contribution is -0.143. The van der Waals surface area contributed by atoms with Crippen LogP contribution in [0, 0.1) is 11.8 Å². The van der Waals surface area contributed by atoms with Crippen LogP contribution in [0.15, 0.2) is 0 Å². The third-order valence-corrected chi connectivity index (χ3v) is 4.84. The number of carbonyl (C=O) groups excluding carboxylic acids is 3. The molecule has 11 nitrogen and oxygen atoms in total. The van der Waals surface area contributed by atoms with E-state index in [1.165, 1.54) is 0 Å². The minimum Gasteiger partial charge on any atom is -0.481 e. The van der Waals surface area contributed by atoms with Crippen LogP contribution in [0.2, 0.25) is 0 Å². The maximum Gasteiger partial charge on any atom is 0.326 e. The summed E-state index contributed by atoms with van der Waals surface area (Å²) in [6.45, 7) is 7.44. The molecule has 0 saturated carbocycles. The zero-order valence-corrected chi connectivity index (χ0v) is 19.9. The molecule has 0 saturated heterocycles. The molecule has 0 aromatic carbocycles. The first kappa shape index (κ1) is 29.7. The van der Waals surface area contributed by atoms with Gasteiger partial charge in [0.15, 0.2) is 0 Å². The molecule has 12 heteroatoms. The van der Waals surface area contributed by atoms with Gasteiger partial charge in [0.1, 0.15) is 18.1 Å². The SMILES string of the molecule is CC(C)CC(N)C(=O)NC(CS)C(=O)NC(CC(C)C)C(=O)NC(CCC(=O)O)C(=O)O. The van der Waals surface area contributed by atoms with Gasteiger partial charge in [-0.05, 0) is 31.1 Å². The zero-order chi connectivity index (χ0) is 25.0. The largest absolute Gasteiger partial charge is 0.481 e. The minimum absolute atomic E-state index is 0.0307. The van der Waals surface area contributed by atoms with E-state index < -0.39 is 60.2 Å². The predicted octanol–water partition coefficient (Wildman–Crippen LogP) is -0.260. The number of hydrogen-bond donors (Lipinski definition) is 7. The number of amides is 3. The Morgan fingerprint density at radius 3 is 1.69 bits per heavy atom. The summed E-state index contributed by atoms with van der Waals surface area (Å²) >= 11 is 4.09. The first-order chi connectivity index (χ1) is 14.8. The van der Waals surface area contributed by atoms with Gasteiger partial charge in [0.2, 0.25) is 17.7 Å². The first-order valence-corrected chi connectivity index (χ1v) is 11.1. The van der Waals surface area contributed by atoms with Gasteiger partial charge in [0.25, 0.3) is 0 Å². The molecule has 0 aromatic heterocycles. The molecule has 0 fully saturated rings. The van der Waals surface area contributed by atoms with Crippen molar-refractivity contribution >= 4 is 42.3 Å². The van der Waals surface area contributed by atoms with Crippen LogP contribution in [-0.2, 0) is 24.0 Å². The summed E-state index contributed by atoms with van der Waals surface area (Å²) in [4.78, 5) is 59.7. The second-order valence-electron chi connectivity index (χ2n) is 8.50. The Hall–Kier alpha value is -2.34. The Kier molecular flexibility index (Phi) is 13.6. The number of carboxylic acid groups (broad SMARTS) is 2. The van der Waals surface area contributed by atoms with Crippen LogP contribution >= 0.6 is 12.6 Å². The molecule has 184 valence electrons. The summed E-state index contributed by atoms with van der Waals surface area (Å²) in [5.74, 6) is -4.41. The molecule has 0 aliphatic heterocycles. The van der Waals surface area contributed by atoms with E-state index in [0.29, 0.717) is 6.42 Å². The van der Waals surface area contributed by atoms with Gasteiger partial charge in [0, 0.05) is 12.2 Å². The Morgan fingerprint density at radius 2 is 1.25 bits per heavy atom. The first-order valence-electron chi connectivity index (χ1n) is 10.5. The highest BCUT2D eigenvalue weighted by molar-refractivity contribution is 7.80. The number of nitrogens with one attached hydrogen (secondary N) is 3. The standard InChI is InChI=1S/C20H36N4O7S/c1-10(2)7-12(21)17(27)24-15(9-32)19(29)23-14(8-11(3)4)18(28)22-13(20(30)31)5-6-16(25)26/h10-15,32H,5-9,21H2,1-4H3,(H,22,28)(H,23,29)(H,24,27)(H,25,26)(H,30,31). The average molecular weight is 477 g/mol. The number of carbonyl (C=O) groups is 5. The number of carboxylic acids is 2. The quantitative estimate of drug-likeness (QED) is 0.157. The van der Waals surface area contributed by atoms with E-state index in [-0.39, 0.29) is 30.4 Å². The Balaban J connectivity index is 5.26. The number of aliphatic carboxylic acids is 2. The lowest BCUT2D eigenvalue weighted by Crippen LogP contribution is -2.58. The summed E-state index contributed by atoms with van der Waals surface area (Å²) < 4.78 is 0. The fraction of sp³-hybridized carbons (Fsp3) is 0.750. The van der Waals surface area contributed by atoms with Crippen LogP contribution in [-0.4, -0.2) is 69.8 Å². The fourth-order valence-electron chi connectivity index (χ4n) is 2.86. The van der Waals surface area contributed by atoms with Gasteiger partial charge in [-0.15, -0.1) is 0 Å². The van der Waals surface area contributed by atoms with Gasteiger partial charge >= 0.3 is 11.9 Å². The smallest absolute Gasteiger partial charge is 0.326 e. The molecule has 32 heavy (non-hydrogen) atoms. The van der Waals surface area contributed by atoms with Gasteiger partial charge in [-0.2, -0.15) is 12.6 Å². The Bertz CT molecular complexity index is 672. The highest BCUT2D eigenvalue weighted by atomic mass is 32.1. The van der Waals surface area contributed by atoms with Crippen molar-refractivity contribution in [3.05, 3.63) is 0 Å². The maximum absolute atomic E-state index is 12.7. The Morgan fingerprint density at radius 1 is 0.781 bits per heavy atom. The maximum atomic E-state index is 12.7. The Labute approximate surface area is 193 Å². The highest BCUT2D eigenvalue weighted by Gasteiger charge is 2.30.